The molecule has 34 heavy (non-hydrogen) atoms. The number of halogens is 1. The van der Waals surface area contributed by atoms with E-state index in [1.165, 1.54) is 4.68 Å². The second-order valence-electron chi connectivity index (χ2n) is 7.62. The van der Waals surface area contributed by atoms with Crippen LogP contribution in [0.2, 0.25) is 0 Å². The van der Waals surface area contributed by atoms with Crippen molar-refractivity contribution in [2.75, 3.05) is 6.61 Å². The first-order valence-electron chi connectivity index (χ1n) is 11.0. The van der Waals surface area contributed by atoms with Gasteiger partial charge in [-0.25, -0.2) is 9.78 Å². The van der Waals surface area contributed by atoms with E-state index in [4.69, 9.17) is 9.47 Å². The SMILES string of the molecule is CCOC(=O)[C@@H](C)Oc1ccc2ccccc2c1C=Nn1c(CC)nc2ccc(Br)cc2c1=O. The number of aromatic nitrogens is 2. The van der Waals surface area contributed by atoms with Crippen LogP contribution in [0.25, 0.3) is 21.7 Å². The molecule has 0 unspecified atom stereocenters. The topological polar surface area (TPSA) is 82.8 Å². The molecule has 1 heterocycles. The van der Waals surface area contributed by atoms with E-state index in [1.807, 2.05) is 43.3 Å². The third-order valence-corrected chi connectivity index (χ3v) is 5.84. The van der Waals surface area contributed by atoms with Gasteiger partial charge in [-0.1, -0.05) is 53.2 Å². The highest BCUT2D eigenvalue weighted by atomic mass is 79.9. The van der Waals surface area contributed by atoms with Crippen molar-refractivity contribution in [3.8, 4) is 5.75 Å². The van der Waals surface area contributed by atoms with Crippen molar-refractivity contribution in [2.45, 2.75) is 33.3 Å². The fourth-order valence-electron chi connectivity index (χ4n) is 3.67. The Bertz CT molecular complexity index is 1460. The first kappa shape index (κ1) is 23.6. The largest absolute Gasteiger partial charge is 0.478 e. The van der Waals surface area contributed by atoms with Crippen LogP contribution in [-0.2, 0) is 16.0 Å². The molecule has 0 aliphatic heterocycles. The Morgan fingerprint density at radius 3 is 2.71 bits per heavy atom. The van der Waals surface area contributed by atoms with E-state index in [-0.39, 0.29) is 12.2 Å². The average Bonchev–Trinajstić information content (AvgIpc) is 2.84. The maximum absolute atomic E-state index is 13.3. The third-order valence-electron chi connectivity index (χ3n) is 5.35. The summed E-state index contributed by atoms with van der Waals surface area (Å²) in [4.78, 5) is 30.0. The van der Waals surface area contributed by atoms with Crippen LogP contribution in [0.5, 0.6) is 5.75 Å². The fraction of sp³-hybridized carbons (Fsp3) is 0.231. The lowest BCUT2D eigenvalue weighted by molar-refractivity contribution is -0.150. The predicted octanol–water partition coefficient (Wildman–Crippen LogP) is 5.09. The molecule has 0 spiro atoms. The summed E-state index contributed by atoms with van der Waals surface area (Å²) in [6, 6.07) is 16.9. The number of benzene rings is 3. The van der Waals surface area contributed by atoms with Crippen LogP contribution in [-0.4, -0.2) is 34.6 Å². The molecular weight excluding hydrogens is 498 g/mol. The van der Waals surface area contributed by atoms with Crippen LogP contribution in [0.15, 0.2) is 69.0 Å². The van der Waals surface area contributed by atoms with E-state index in [1.54, 1.807) is 38.3 Å². The van der Waals surface area contributed by atoms with Gasteiger partial charge < -0.3 is 9.47 Å². The molecule has 7 nitrogen and oxygen atoms in total. The molecule has 0 amide bonds. The van der Waals surface area contributed by atoms with Gasteiger partial charge in [0.2, 0.25) is 0 Å². The van der Waals surface area contributed by atoms with Crippen molar-refractivity contribution >= 4 is 49.8 Å². The summed E-state index contributed by atoms with van der Waals surface area (Å²) >= 11 is 3.42. The highest BCUT2D eigenvalue weighted by Crippen LogP contribution is 2.28. The van der Waals surface area contributed by atoms with Gasteiger partial charge in [0, 0.05) is 16.5 Å². The maximum atomic E-state index is 13.3. The Hall–Kier alpha value is -3.52. The zero-order valence-corrected chi connectivity index (χ0v) is 20.7. The van der Waals surface area contributed by atoms with Crippen molar-refractivity contribution in [1.29, 1.82) is 0 Å². The first-order chi connectivity index (χ1) is 16.4. The standard InChI is InChI=1S/C26H24BrN3O4/c1-4-24-29-22-12-11-18(27)14-20(22)25(31)30(24)28-15-21-19-9-7-6-8-17(19)10-13-23(21)34-16(3)26(32)33-5-2/h6-16H,4-5H2,1-3H3/t16-/m1/s1. The summed E-state index contributed by atoms with van der Waals surface area (Å²) < 4.78 is 13.1. The molecule has 3 aromatic carbocycles. The lowest BCUT2D eigenvalue weighted by atomic mass is 10.0. The zero-order chi connectivity index (χ0) is 24.2. The first-order valence-corrected chi connectivity index (χ1v) is 11.8. The Balaban J connectivity index is 1.85. The van der Waals surface area contributed by atoms with Gasteiger partial charge in [-0.3, -0.25) is 4.79 Å². The van der Waals surface area contributed by atoms with Gasteiger partial charge in [0.05, 0.1) is 23.7 Å². The van der Waals surface area contributed by atoms with Gasteiger partial charge in [0.25, 0.3) is 5.56 Å². The summed E-state index contributed by atoms with van der Waals surface area (Å²) in [5.41, 5.74) is 1.01. The molecule has 0 radical (unpaired) electrons. The third kappa shape index (κ3) is 4.72. The highest BCUT2D eigenvalue weighted by Gasteiger charge is 2.18. The van der Waals surface area contributed by atoms with E-state index < -0.39 is 12.1 Å². The van der Waals surface area contributed by atoms with E-state index >= 15 is 0 Å². The van der Waals surface area contributed by atoms with Crippen LogP contribution < -0.4 is 10.3 Å². The highest BCUT2D eigenvalue weighted by molar-refractivity contribution is 9.10. The van der Waals surface area contributed by atoms with Gasteiger partial charge in [-0.2, -0.15) is 9.78 Å². The molecule has 0 aliphatic carbocycles. The second kappa shape index (κ2) is 10.2. The Labute approximate surface area is 205 Å². The predicted molar refractivity (Wildman–Crippen MR) is 137 cm³/mol. The molecule has 0 aliphatic rings. The van der Waals surface area contributed by atoms with Crippen LogP contribution in [0.1, 0.15) is 32.2 Å². The minimum Gasteiger partial charge on any atom is -0.478 e. The van der Waals surface area contributed by atoms with Crippen LogP contribution in [0, 0.1) is 0 Å². The lowest BCUT2D eigenvalue weighted by Crippen LogP contribution is -2.26. The van der Waals surface area contributed by atoms with Gasteiger partial charge in [0.1, 0.15) is 11.6 Å². The molecule has 8 heteroatoms. The quantitative estimate of drug-likeness (QED) is 0.250. The minimum absolute atomic E-state index is 0.262. The molecule has 0 saturated carbocycles. The van der Waals surface area contributed by atoms with Crippen molar-refractivity contribution < 1.29 is 14.3 Å². The van der Waals surface area contributed by atoms with Gasteiger partial charge in [-0.15, -0.1) is 0 Å². The van der Waals surface area contributed by atoms with E-state index in [0.29, 0.717) is 34.5 Å². The Morgan fingerprint density at radius 2 is 1.94 bits per heavy atom. The number of aryl methyl sites for hydroxylation is 1. The Kier molecular flexibility index (Phi) is 7.07. The summed E-state index contributed by atoms with van der Waals surface area (Å²) in [5, 5.41) is 6.85. The monoisotopic (exact) mass is 521 g/mol. The van der Waals surface area contributed by atoms with Crippen LogP contribution >= 0.6 is 15.9 Å². The number of ether oxygens (including phenoxy) is 2. The van der Waals surface area contributed by atoms with E-state index in [2.05, 4.69) is 26.0 Å². The van der Waals surface area contributed by atoms with Crippen molar-refractivity contribution in [2.24, 2.45) is 5.10 Å². The van der Waals surface area contributed by atoms with Crippen molar-refractivity contribution in [3.63, 3.8) is 0 Å². The molecule has 4 aromatic rings. The van der Waals surface area contributed by atoms with E-state index in [9.17, 15) is 9.59 Å². The van der Waals surface area contributed by atoms with Gasteiger partial charge in [0.15, 0.2) is 6.10 Å². The van der Waals surface area contributed by atoms with Crippen LogP contribution in [0.3, 0.4) is 0 Å². The number of hydrogen-bond donors (Lipinski definition) is 0. The molecule has 0 N–H and O–H groups in total. The van der Waals surface area contributed by atoms with Crippen molar-refractivity contribution in [1.82, 2.24) is 9.66 Å². The molecule has 4 rings (SSSR count). The smallest absolute Gasteiger partial charge is 0.347 e. The Morgan fingerprint density at radius 1 is 1.15 bits per heavy atom. The number of carbonyl (C=O) groups excluding carboxylic acids is 1. The zero-order valence-electron chi connectivity index (χ0n) is 19.1. The summed E-state index contributed by atoms with van der Waals surface area (Å²) in [7, 11) is 0. The summed E-state index contributed by atoms with van der Waals surface area (Å²) in [5.74, 6) is 0.552. The van der Waals surface area contributed by atoms with E-state index in [0.717, 1.165) is 15.2 Å². The van der Waals surface area contributed by atoms with Crippen molar-refractivity contribution in [3.05, 3.63) is 80.8 Å². The van der Waals surface area contributed by atoms with Crippen LogP contribution in [0.4, 0.5) is 0 Å². The molecular formula is C26H24BrN3O4. The normalized spacial score (nSPS) is 12.4. The molecule has 1 aromatic heterocycles. The number of esters is 1. The molecule has 0 bridgehead atoms. The number of carbonyl (C=O) groups is 1. The molecule has 0 fully saturated rings. The number of hydrogen-bond acceptors (Lipinski definition) is 6. The molecule has 1 atom stereocenters. The van der Waals surface area contributed by atoms with Gasteiger partial charge >= 0.3 is 5.97 Å². The summed E-state index contributed by atoms with van der Waals surface area (Å²) in [6.45, 7) is 5.58. The van der Waals surface area contributed by atoms with Gasteiger partial charge in [-0.05, 0) is 48.9 Å². The molecule has 0 saturated heterocycles. The number of nitrogens with zero attached hydrogens (tertiary/aromatic N) is 3. The fourth-order valence-corrected chi connectivity index (χ4v) is 4.03. The number of fused-ring (bicyclic) bond motifs is 2. The summed E-state index contributed by atoms with van der Waals surface area (Å²) in [6.07, 6.45) is 1.31. The second-order valence-corrected chi connectivity index (χ2v) is 8.53. The minimum atomic E-state index is -0.804. The number of rotatable bonds is 7. The maximum Gasteiger partial charge on any atom is 0.347 e. The lowest BCUT2D eigenvalue weighted by Gasteiger charge is -2.16. The average molecular weight is 522 g/mol. The molecule has 174 valence electrons.